The second kappa shape index (κ2) is 5.41. The topological polar surface area (TPSA) is 66.4 Å². The minimum atomic E-state index is -0.941. The molecule has 0 saturated heterocycles. The summed E-state index contributed by atoms with van der Waals surface area (Å²) in [6.45, 7) is 3.93. The molecular weight excluding hydrogens is 278 g/mol. The number of aryl methyl sites for hydroxylation is 1. The molecule has 3 rings (SSSR count). The van der Waals surface area contributed by atoms with Crippen LogP contribution in [0.5, 0.6) is 0 Å². The lowest BCUT2D eigenvalue weighted by atomic mass is 9.95. The van der Waals surface area contributed by atoms with E-state index in [9.17, 15) is 14.7 Å². The highest BCUT2D eigenvalue weighted by atomic mass is 16.4. The van der Waals surface area contributed by atoms with Crippen LogP contribution in [0.25, 0.3) is 0 Å². The minimum absolute atomic E-state index is 0.0262. The maximum atomic E-state index is 12.5. The van der Waals surface area contributed by atoms with Gasteiger partial charge in [0, 0.05) is 11.3 Å². The van der Waals surface area contributed by atoms with E-state index in [1.807, 2.05) is 26.0 Å². The van der Waals surface area contributed by atoms with Crippen LogP contribution in [-0.2, 0) is 21.4 Å². The van der Waals surface area contributed by atoms with Gasteiger partial charge in [-0.15, -0.1) is 0 Å². The van der Waals surface area contributed by atoms with Crippen molar-refractivity contribution in [3.8, 4) is 0 Å². The molecule has 118 valence electrons. The van der Waals surface area contributed by atoms with Gasteiger partial charge in [0.05, 0.1) is 0 Å². The SMILES string of the molecule is CC(C)C[C@H](NC(=O)C1CC12CCc1ccccc12)C(=O)O. The quantitative estimate of drug-likeness (QED) is 0.878. The number of carbonyl (C=O) groups excluding carboxylic acids is 1. The van der Waals surface area contributed by atoms with E-state index in [-0.39, 0.29) is 23.2 Å². The minimum Gasteiger partial charge on any atom is -0.480 e. The van der Waals surface area contributed by atoms with Crippen LogP contribution in [0.4, 0.5) is 0 Å². The maximum absolute atomic E-state index is 12.5. The van der Waals surface area contributed by atoms with E-state index in [1.54, 1.807) is 0 Å². The first-order valence-electron chi connectivity index (χ1n) is 8.05. The Morgan fingerprint density at radius 3 is 2.77 bits per heavy atom. The Bertz CT molecular complexity index is 610. The zero-order valence-corrected chi connectivity index (χ0v) is 13.1. The second-order valence-corrected chi connectivity index (χ2v) is 7.10. The van der Waals surface area contributed by atoms with Gasteiger partial charge >= 0.3 is 5.97 Å². The van der Waals surface area contributed by atoms with Crippen LogP contribution in [0, 0.1) is 11.8 Å². The van der Waals surface area contributed by atoms with Crippen LogP contribution >= 0.6 is 0 Å². The van der Waals surface area contributed by atoms with Gasteiger partial charge in [-0.25, -0.2) is 4.79 Å². The summed E-state index contributed by atoms with van der Waals surface area (Å²) in [5.74, 6) is -0.861. The van der Waals surface area contributed by atoms with Gasteiger partial charge in [-0.05, 0) is 42.7 Å². The second-order valence-electron chi connectivity index (χ2n) is 7.10. The van der Waals surface area contributed by atoms with Crippen molar-refractivity contribution < 1.29 is 14.7 Å². The van der Waals surface area contributed by atoms with Gasteiger partial charge in [0.15, 0.2) is 0 Å². The summed E-state index contributed by atoms with van der Waals surface area (Å²) in [5.41, 5.74) is 2.61. The number of nitrogens with one attached hydrogen (secondary N) is 1. The van der Waals surface area contributed by atoms with Crippen molar-refractivity contribution in [3.63, 3.8) is 0 Å². The Labute approximate surface area is 130 Å². The van der Waals surface area contributed by atoms with Gasteiger partial charge in [0.2, 0.25) is 5.91 Å². The third kappa shape index (κ3) is 2.51. The van der Waals surface area contributed by atoms with E-state index in [0.717, 1.165) is 19.3 Å². The van der Waals surface area contributed by atoms with Crippen LogP contribution in [-0.4, -0.2) is 23.0 Å². The number of fused-ring (bicyclic) bond motifs is 2. The zero-order valence-electron chi connectivity index (χ0n) is 13.1. The first-order chi connectivity index (χ1) is 10.4. The highest BCUT2D eigenvalue weighted by molar-refractivity contribution is 5.89. The van der Waals surface area contributed by atoms with Crippen molar-refractivity contribution in [2.45, 2.75) is 51.0 Å². The van der Waals surface area contributed by atoms with E-state index < -0.39 is 12.0 Å². The standard InChI is InChI=1S/C18H23NO3/c1-11(2)9-15(17(21)22)19-16(20)14-10-18(14)8-7-12-5-3-4-6-13(12)18/h3-6,11,14-15H,7-10H2,1-2H3,(H,19,20)(H,21,22)/t14?,15-,18?/m0/s1. The summed E-state index contributed by atoms with van der Waals surface area (Å²) in [7, 11) is 0. The van der Waals surface area contributed by atoms with Crippen molar-refractivity contribution in [1.82, 2.24) is 5.32 Å². The molecular formula is C18H23NO3. The molecule has 0 aliphatic heterocycles. The molecule has 0 heterocycles. The zero-order chi connectivity index (χ0) is 15.9. The molecule has 2 N–H and O–H groups in total. The fourth-order valence-electron chi connectivity index (χ4n) is 3.90. The Hall–Kier alpha value is -1.84. The number of carboxylic acid groups (broad SMARTS) is 1. The number of hydrogen-bond donors (Lipinski definition) is 2. The van der Waals surface area contributed by atoms with Gasteiger partial charge in [-0.3, -0.25) is 4.79 Å². The summed E-state index contributed by atoms with van der Waals surface area (Å²) in [5, 5.41) is 12.0. The lowest BCUT2D eigenvalue weighted by molar-refractivity contribution is -0.142. The number of carbonyl (C=O) groups is 2. The molecule has 4 nitrogen and oxygen atoms in total. The van der Waals surface area contributed by atoms with E-state index in [4.69, 9.17) is 0 Å². The van der Waals surface area contributed by atoms with Gasteiger partial charge in [0.25, 0.3) is 0 Å². The van der Waals surface area contributed by atoms with Crippen LogP contribution < -0.4 is 5.32 Å². The largest absolute Gasteiger partial charge is 0.480 e. The average Bonchev–Trinajstić information content (AvgIpc) is 3.08. The lowest BCUT2D eigenvalue weighted by Gasteiger charge is -2.18. The maximum Gasteiger partial charge on any atom is 0.326 e. The molecule has 1 fully saturated rings. The van der Waals surface area contributed by atoms with Crippen molar-refractivity contribution in [2.24, 2.45) is 11.8 Å². The summed E-state index contributed by atoms with van der Waals surface area (Å²) in [6, 6.07) is 7.55. The first-order valence-corrected chi connectivity index (χ1v) is 8.05. The summed E-state index contributed by atoms with van der Waals surface area (Å²) in [4.78, 5) is 23.8. The van der Waals surface area contributed by atoms with E-state index in [2.05, 4.69) is 17.4 Å². The molecule has 0 radical (unpaired) electrons. The molecule has 3 atom stereocenters. The molecule has 2 aliphatic carbocycles. The molecule has 1 aromatic carbocycles. The van der Waals surface area contributed by atoms with Crippen molar-refractivity contribution in [1.29, 1.82) is 0 Å². The highest BCUT2D eigenvalue weighted by Crippen LogP contribution is 2.61. The highest BCUT2D eigenvalue weighted by Gasteiger charge is 2.61. The fourth-order valence-corrected chi connectivity index (χ4v) is 3.90. The predicted molar refractivity (Wildman–Crippen MR) is 83.6 cm³/mol. The lowest BCUT2D eigenvalue weighted by Crippen LogP contribution is -2.43. The molecule has 0 bridgehead atoms. The van der Waals surface area contributed by atoms with Crippen LogP contribution in [0.1, 0.15) is 44.2 Å². The fraction of sp³-hybridized carbons (Fsp3) is 0.556. The molecule has 22 heavy (non-hydrogen) atoms. The third-order valence-corrected chi connectivity index (χ3v) is 5.11. The van der Waals surface area contributed by atoms with Crippen LogP contribution in [0.15, 0.2) is 24.3 Å². The number of hydrogen-bond acceptors (Lipinski definition) is 2. The van der Waals surface area contributed by atoms with Crippen molar-refractivity contribution >= 4 is 11.9 Å². The molecule has 1 aromatic rings. The van der Waals surface area contributed by atoms with Crippen LogP contribution in [0.2, 0.25) is 0 Å². The third-order valence-electron chi connectivity index (χ3n) is 5.11. The summed E-state index contributed by atoms with van der Waals surface area (Å²) < 4.78 is 0. The number of rotatable bonds is 5. The van der Waals surface area contributed by atoms with Crippen LogP contribution in [0.3, 0.4) is 0 Å². The van der Waals surface area contributed by atoms with E-state index >= 15 is 0 Å². The molecule has 1 amide bonds. The predicted octanol–water partition coefficient (Wildman–Crippen LogP) is 2.51. The number of carboxylic acids is 1. The van der Waals surface area contributed by atoms with E-state index in [1.165, 1.54) is 11.1 Å². The average molecular weight is 301 g/mol. The Kier molecular flexibility index (Phi) is 3.71. The van der Waals surface area contributed by atoms with Gasteiger partial charge in [-0.2, -0.15) is 0 Å². The van der Waals surface area contributed by atoms with E-state index in [0.29, 0.717) is 6.42 Å². The molecule has 0 aromatic heterocycles. The molecule has 1 spiro atoms. The monoisotopic (exact) mass is 301 g/mol. The first kappa shape index (κ1) is 15.1. The van der Waals surface area contributed by atoms with Gasteiger partial charge < -0.3 is 10.4 Å². The number of benzene rings is 1. The Morgan fingerprint density at radius 2 is 2.09 bits per heavy atom. The Balaban J connectivity index is 1.70. The van der Waals surface area contributed by atoms with Gasteiger partial charge in [0.1, 0.15) is 6.04 Å². The normalized spacial score (nSPS) is 26.8. The number of amides is 1. The molecule has 1 saturated carbocycles. The summed E-state index contributed by atoms with van der Waals surface area (Å²) >= 11 is 0. The smallest absolute Gasteiger partial charge is 0.326 e. The summed E-state index contributed by atoms with van der Waals surface area (Å²) in [6.07, 6.45) is 3.35. The number of aliphatic carboxylic acids is 1. The van der Waals surface area contributed by atoms with Crippen molar-refractivity contribution in [3.05, 3.63) is 35.4 Å². The van der Waals surface area contributed by atoms with Crippen molar-refractivity contribution in [2.75, 3.05) is 0 Å². The van der Waals surface area contributed by atoms with Gasteiger partial charge in [-0.1, -0.05) is 38.1 Å². The molecule has 2 unspecified atom stereocenters. The molecule has 4 heteroatoms. The molecule has 2 aliphatic rings. The Morgan fingerprint density at radius 1 is 1.36 bits per heavy atom.